The van der Waals surface area contributed by atoms with Gasteiger partial charge in [-0.2, -0.15) is 0 Å². The largest absolute Gasteiger partial charge is 0.480 e. The van der Waals surface area contributed by atoms with Crippen LogP contribution in [0.2, 0.25) is 0 Å². The molecular formula is C15H28N6O4. The molecule has 0 aliphatic carbocycles. The summed E-state index contributed by atoms with van der Waals surface area (Å²) in [6.07, 6.45) is 3.43. The maximum absolute atomic E-state index is 12.5. The Kier molecular flexibility index (Phi) is 8.71. The van der Waals surface area contributed by atoms with Gasteiger partial charge in [0.25, 0.3) is 0 Å². The van der Waals surface area contributed by atoms with E-state index in [9.17, 15) is 19.5 Å². The Bertz CT molecular complexity index is 508. The van der Waals surface area contributed by atoms with Crippen LogP contribution >= 0.6 is 0 Å². The Morgan fingerprint density at radius 3 is 2.44 bits per heavy atom. The maximum Gasteiger partial charge on any atom is 0.326 e. The van der Waals surface area contributed by atoms with Crippen molar-refractivity contribution in [1.29, 1.82) is 0 Å². The molecule has 0 bridgehead atoms. The minimum Gasteiger partial charge on any atom is -0.480 e. The summed E-state index contributed by atoms with van der Waals surface area (Å²) in [7, 11) is 0. The number of carbonyl (C=O) groups is 3. The highest BCUT2D eigenvalue weighted by molar-refractivity contribution is 5.91. The fraction of sp³-hybridized carbons (Fsp3) is 0.667. The van der Waals surface area contributed by atoms with Crippen LogP contribution in [-0.2, 0) is 14.4 Å². The van der Waals surface area contributed by atoms with Crippen molar-refractivity contribution in [2.45, 2.75) is 50.7 Å². The van der Waals surface area contributed by atoms with E-state index in [1.165, 1.54) is 6.92 Å². The Balaban J connectivity index is 2.74. The molecule has 0 radical (unpaired) electrons. The molecule has 1 heterocycles. The minimum atomic E-state index is -1.12. The maximum atomic E-state index is 12.5. The number of nitrogens with one attached hydrogen (secondary N) is 4. The van der Waals surface area contributed by atoms with Crippen LogP contribution in [0.3, 0.4) is 0 Å². The van der Waals surface area contributed by atoms with E-state index in [0.717, 1.165) is 5.70 Å². The molecular weight excluding hydrogens is 328 g/mol. The van der Waals surface area contributed by atoms with Gasteiger partial charge in [0.15, 0.2) is 0 Å². The molecule has 10 heteroatoms. The van der Waals surface area contributed by atoms with Crippen LogP contribution in [0.4, 0.5) is 0 Å². The van der Waals surface area contributed by atoms with Crippen LogP contribution in [0.15, 0.2) is 11.9 Å². The summed E-state index contributed by atoms with van der Waals surface area (Å²) >= 11 is 0. The van der Waals surface area contributed by atoms with Gasteiger partial charge in [-0.3, -0.25) is 9.59 Å². The number of carbonyl (C=O) groups excluding carboxylic acids is 2. The van der Waals surface area contributed by atoms with Crippen LogP contribution in [0, 0.1) is 0 Å². The second kappa shape index (κ2) is 10.5. The van der Waals surface area contributed by atoms with Crippen LogP contribution in [0.5, 0.6) is 0 Å². The molecule has 0 unspecified atom stereocenters. The molecule has 1 rings (SSSR count). The van der Waals surface area contributed by atoms with Gasteiger partial charge in [-0.15, -0.1) is 0 Å². The summed E-state index contributed by atoms with van der Waals surface area (Å²) in [6.45, 7) is 2.49. The van der Waals surface area contributed by atoms with Crippen molar-refractivity contribution in [3.63, 3.8) is 0 Å². The highest BCUT2D eigenvalue weighted by atomic mass is 16.4. The lowest BCUT2D eigenvalue weighted by molar-refractivity contribution is -0.142. The zero-order chi connectivity index (χ0) is 18.8. The zero-order valence-corrected chi connectivity index (χ0v) is 14.4. The van der Waals surface area contributed by atoms with Gasteiger partial charge in [0.05, 0.1) is 12.7 Å². The molecule has 3 atom stereocenters. The number of aliphatic carboxylic acids is 1. The van der Waals surface area contributed by atoms with Crippen molar-refractivity contribution >= 4 is 17.8 Å². The van der Waals surface area contributed by atoms with E-state index in [4.69, 9.17) is 11.5 Å². The minimum absolute atomic E-state index is 0.201. The van der Waals surface area contributed by atoms with E-state index in [1.807, 2.05) is 0 Å². The molecule has 0 aromatic carbocycles. The Morgan fingerprint density at radius 1 is 1.24 bits per heavy atom. The third kappa shape index (κ3) is 7.40. The summed E-state index contributed by atoms with van der Waals surface area (Å²) in [4.78, 5) is 35.7. The molecule has 9 N–H and O–H groups in total. The molecule has 2 amide bonds. The molecule has 10 nitrogen and oxygen atoms in total. The Hall–Kier alpha value is -2.33. The summed E-state index contributed by atoms with van der Waals surface area (Å²) < 4.78 is 0. The Labute approximate surface area is 146 Å². The number of rotatable bonds is 11. The van der Waals surface area contributed by atoms with Gasteiger partial charge in [0.1, 0.15) is 12.1 Å². The highest BCUT2D eigenvalue weighted by Crippen LogP contribution is 2.07. The van der Waals surface area contributed by atoms with Gasteiger partial charge in [-0.1, -0.05) is 0 Å². The van der Waals surface area contributed by atoms with Gasteiger partial charge in [0.2, 0.25) is 11.8 Å². The van der Waals surface area contributed by atoms with E-state index in [1.54, 1.807) is 6.20 Å². The lowest BCUT2D eigenvalue weighted by Crippen LogP contribution is -2.54. The van der Waals surface area contributed by atoms with E-state index >= 15 is 0 Å². The summed E-state index contributed by atoms with van der Waals surface area (Å²) in [5.41, 5.74) is 11.7. The monoisotopic (exact) mass is 356 g/mol. The van der Waals surface area contributed by atoms with Crippen LogP contribution < -0.4 is 32.7 Å². The zero-order valence-electron chi connectivity index (χ0n) is 14.4. The first-order valence-electron chi connectivity index (χ1n) is 8.30. The molecule has 1 aliphatic rings. The molecule has 1 aliphatic heterocycles. The van der Waals surface area contributed by atoms with E-state index in [-0.39, 0.29) is 12.8 Å². The standard InChI is InChI=1S/C15H28N6O4/c1-9(17)13(22)21-12(6-10-7-18-8-19-10)14(23)20-11(15(24)25)4-2-3-5-16/h7,9,11-12,18-19H,2-6,8,16-17H2,1H3,(H,20,23)(H,21,22)(H,24,25)/t9-,11-,12-/m0/s1. The van der Waals surface area contributed by atoms with Gasteiger partial charge in [-0.25, -0.2) is 4.79 Å². The van der Waals surface area contributed by atoms with Crippen LogP contribution in [0.1, 0.15) is 32.6 Å². The van der Waals surface area contributed by atoms with Crippen LogP contribution in [0.25, 0.3) is 0 Å². The first kappa shape index (κ1) is 20.7. The van der Waals surface area contributed by atoms with Gasteiger partial charge < -0.3 is 37.8 Å². The molecule has 0 spiro atoms. The van der Waals surface area contributed by atoms with Crippen molar-refractivity contribution < 1.29 is 19.5 Å². The number of amides is 2. The molecule has 0 saturated carbocycles. The lowest BCUT2D eigenvalue weighted by Gasteiger charge is -2.22. The quantitative estimate of drug-likeness (QED) is 0.206. The summed E-state index contributed by atoms with van der Waals surface area (Å²) in [5, 5.41) is 20.3. The average Bonchev–Trinajstić information content (AvgIpc) is 3.06. The Morgan fingerprint density at radius 2 is 1.92 bits per heavy atom. The van der Waals surface area contributed by atoms with Crippen molar-refractivity contribution in [1.82, 2.24) is 21.3 Å². The smallest absolute Gasteiger partial charge is 0.326 e. The summed E-state index contributed by atoms with van der Waals surface area (Å²) in [6, 6.07) is -2.73. The second-order valence-corrected chi connectivity index (χ2v) is 5.97. The predicted octanol–water partition coefficient (Wildman–Crippen LogP) is -2.10. The second-order valence-electron chi connectivity index (χ2n) is 5.97. The van der Waals surface area contributed by atoms with Crippen molar-refractivity contribution in [2.24, 2.45) is 11.5 Å². The van der Waals surface area contributed by atoms with Gasteiger partial charge >= 0.3 is 5.97 Å². The highest BCUT2D eigenvalue weighted by Gasteiger charge is 2.28. The molecule has 0 aromatic rings. The van der Waals surface area contributed by atoms with Gasteiger partial charge in [-0.05, 0) is 32.7 Å². The topological polar surface area (TPSA) is 172 Å². The number of hydrogen-bond donors (Lipinski definition) is 7. The summed E-state index contributed by atoms with van der Waals surface area (Å²) in [5.74, 6) is -2.17. The SMILES string of the molecule is C[C@H](N)C(=O)N[C@@H](CC1=CNCN1)C(=O)N[C@@H](CCCCN)C(=O)O. The first-order valence-corrected chi connectivity index (χ1v) is 8.30. The molecule has 0 fully saturated rings. The lowest BCUT2D eigenvalue weighted by atomic mass is 10.1. The third-order valence-corrected chi connectivity index (χ3v) is 3.73. The van der Waals surface area contributed by atoms with Crippen LogP contribution in [-0.4, -0.2) is 54.2 Å². The van der Waals surface area contributed by atoms with E-state index in [0.29, 0.717) is 26.1 Å². The van der Waals surface area contributed by atoms with E-state index in [2.05, 4.69) is 21.3 Å². The number of carboxylic acids is 1. The number of hydrogen-bond acceptors (Lipinski definition) is 7. The fourth-order valence-corrected chi connectivity index (χ4v) is 2.28. The molecule has 142 valence electrons. The number of nitrogens with two attached hydrogens (primary N) is 2. The molecule has 0 saturated heterocycles. The van der Waals surface area contributed by atoms with Crippen molar-refractivity contribution in [3.8, 4) is 0 Å². The molecule has 0 aromatic heterocycles. The first-order chi connectivity index (χ1) is 11.8. The fourth-order valence-electron chi connectivity index (χ4n) is 2.28. The number of unbranched alkanes of at least 4 members (excludes halogenated alkanes) is 1. The predicted molar refractivity (Wildman–Crippen MR) is 91.9 cm³/mol. The number of carboxylic acid groups (broad SMARTS) is 1. The van der Waals surface area contributed by atoms with Crippen molar-refractivity contribution in [2.75, 3.05) is 13.2 Å². The average molecular weight is 356 g/mol. The van der Waals surface area contributed by atoms with Crippen molar-refractivity contribution in [3.05, 3.63) is 11.9 Å². The third-order valence-electron chi connectivity index (χ3n) is 3.73. The van der Waals surface area contributed by atoms with Gasteiger partial charge in [0, 0.05) is 18.3 Å². The molecule has 25 heavy (non-hydrogen) atoms. The normalized spacial score (nSPS) is 16.7. The van der Waals surface area contributed by atoms with E-state index < -0.39 is 35.9 Å².